The molecule has 3 aromatic heterocycles. The second kappa shape index (κ2) is 9.87. The summed E-state index contributed by atoms with van der Waals surface area (Å²) in [5.41, 5.74) is 1.73. The summed E-state index contributed by atoms with van der Waals surface area (Å²) in [5, 5.41) is 25.0. The molecular formula is C22H16Cl3N9O. The summed E-state index contributed by atoms with van der Waals surface area (Å²) in [7, 11) is 0. The third-order valence-electron chi connectivity index (χ3n) is 4.96. The predicted octanol–water partition coefficient (Wildman–Crippen LogP) is 4.50. The van der Waals surface area contributed by atoms with Crippen molar-refractivity contribution in [1.29, 1.82) is 0 Å². The third-order valence-corrected chi connectivity index (χ3v) is 5.95. The fourth-order valence-corrected chi connectivity index (χ4v) is 3.99. The summed E-state index contributed by atoms with van der Waals surface area (Å²) in [6.45, 7) is 0.472. The van der Waals surface area contributed by atoms with Crippen LogP contribution in [0.2, 0.25) is 15.1 Å². The van der Waals surface area contributed by atoms with E-state index >= 15 is 0 Å². The molecule has 0 aliphatic rings. The quantitative estimate of drug-likeness (QED) is 0.333. The van der Waals surface area contributed by atoms with E-state index < -0.39 is 5.91 Å². The second-order valence-corrected chi connectivity index (χ2v) is 8.63. The molecule has 0 saturated heterocycles. The number of rotatable bonds is 7. The summed E-state index contributed by atoms with van der Waals surface area (Å²) in [6, 6.07) is 16.3. The first-order valence-corrected chi connectivity index (χ1v) is 11.4. The molecule has 176 valence electrons. The van der Waals surface area contributed by atoms with Gasteiger partial charge in [-0.3, -0.25) is 9.48 Å². The Kier molecular flexibility index (Phi) is 6.49. The fourth-order valence-electron chi connectivity index (χ4n) is 3.28. The predicted molar refractivity (Wildman–Crippen MR) is 132 cm³/mol. The molecule has 0 saturated carbocycles. The monoisotopic (exact) mass is 527 g/mol. The molecule has 0 spiro atoms. The summed E-state index contributed by atoms with van der Waals surface area (Å²) in [5.74, 6) is 0.224. The van der Waals surface area contributed by atoms with Crippen LogP contribution in [0.25, 0.3) is 11.4 Å². The number of aromatic nitrogens is 8. The highest BCUT2D eigenvalue weighted by atomic mass is 35.5. The van der Waals surface area contributed by atoms with Crippen molar-refractivity contribution in [1.82, 2.24) is 39.8 Å². The number of amides is 1. The van der Waals surface area contributed by atoms with Crippen molar-refractivity contribution in [2.24, 2.45) is 0 Å². The van der Waals surface area contributed by atoms with Crippen LogP contribution in [0.3, 0.4) is 0 Å². The minimum Gasteiger partial charge on any atom is -0.302 e. The van der Waals surface area contributed by atoms with Crippen LogP contribution in [0, 0.1) is 0 Å². The van der Waals surface area contributed by atoms with Gasteiger partial charge in [0.2, 0.25) is 5.82 Å². The van der Waals surface area contributed by atoms with Gasteiger partial charge in [-0.1, -0.05) is 71.2 Å². The van der Waals surface area contributed by atoms with Crippen molar-refractivity contribution in [3.8, 4) is 11.4 Å². The Labute approximate surface area is 214 Å². The maximum Gasteiger partial charge on any atom is 0.277 e. The van der Waals surface area contributed by atoms with Crippen LogP contribution in [0.5, 0.6) is 0 Å². The molecule has 1 N–H and O–H groups in total. The molecule has 13 heteroatoms. The average molecular weight is 529 g/mol. The van der Waals surface area contributed by atoms with Gasteiger partial charge < -0.3 is 5.32 Å². The Balaban J connectivity index is 1.25. The molecule has 3 heterocycles. The zero-order valence-corrected chi connectivity index (χ0v) is 20.2. The minimum atomic E-state index is -0.469. The smallest absolute Gasteiger partial charge is 0.277 e. The Morgan fingerprint density at radius 2 is 1.63 bits per heavy atom. The minimum absolute atomic E-state index is 0.174. The zero-order chi connectivity index (χ0) is 24.4. The highest BCUT2D eigenvalue weighted by Gasteiger charge is 2.16. The number of carbonyl (C=O) groups is 1. The van der Waals surface area contributed by atoms with Gasteiger partial charge in [-0.25, -0.2) is 4.68 Å². The number of halogens is 3. The normalized spacial score (nSPS) is 11.1. The topological polar surface area (TPSA) is 108 Å². The van der Waals surface area contributed by atoms with Gasteiger partial charge in [0.15, 0.2) is 18.2 Å². The number of hydrogen-bond donors (Lipinski definition) is 1. The standard InChI is InChI=1S/C22H16Cl3N9O/c23-16-7-4-8-17(24)15(16)11-33-12-18(25)21(29-33)26-22(35)19-9-10-32(28-19)13-34-30-20(27-31-34)14-5-2-1-3-6-14/h1-10,12H,11,13H2,(H,26,29,35). The van der Waals surface area contributed by atoms with E-state index in [0.717, 1.165) is 5.56 Å². The number of nitrogens with zero attached hydrogens (tertiary/aromatic N) is 8. The molecule has 0 radical (unpaired) electrons. The van der Waals surface area contributed by atoms with Crippen molar-refractivity contribution < 1.29 is 4.79 Å². The van der Waals surface area contributed by atoms with Crippen molar-refractivity contribution in [3.05, 3.63) is 93.3 Å². The first-order chi connectivity index (χ1) is 17.0. The molecule has 5 rings (SSSR count). The molecule has 0 unspecified atom stereocenters. The number of anilines is 1. The molecule has 0 atom stereocenters. The van der Waals surface area contributed by atoms with Crippen LogP contribution in [-0.4, -0.2) is 45.7 Å². The second-order valence-electron chi connectivity index (χ2n) is 7.41. The largest absolute Gasteiger partial charge is 0.302 e. The van der Waals surface area contributed by atoms with Gasteiger partial charge in [0.1, 0.15) is 5.02 Å². The number of tetrazole rings is 1. The molecule has 10 nitrogen and oxygen atoms in total. The van der Waals surface area contributed by atoms with Crippen LogP contribution < -0.4 is 5.32 Å². The third kappa shape index (κ3) is 5.19. The first kappa shape index (κ1) is 23.0. The van der Waals surface area contributed by atoms with Gasteiger partial charge in [-0.05, 0) is 23.4 Å². The molecule has 0 aliphatic carbocycles. The fraction of sp³-hybridized carbons (Fsp3) is 0.0909. The lowest BCUT2D eigenvalue weighted by Crippen LogP contribution is -2.16. The van der Waals surface area contributed by atoms with Crippen molar-refractivity contribution >= 4 is 46.5 Å². The molecule has 2 aromatic carbocycles. The van der Waals surface area contributed by atoms with Crippen LogP contribution >= 0.6 is 34.8 Å². The van der Waals surface area contributed by atoms with Gasteiger partial charge in [-0.2, -0.15) is 10.2 Å². The Morgan fingerprint density at radius 1 is 0.857 bits per heavy atom. The maximum atomic E-state index is 12.7. The lowest BCUT2D eigenvalue weighted by Gasteiger charge is -2.06. The summed E-state index contributed by atoms with van der Waals surface area (Å²) in [4.78, 5) is 14.1. The van der Waals surface area contributed by atoms with Crippen molar-refractivity contribution in [2.75, 3.05) is 5.32 Å². The van der Waals surface area contributed by atoms with E-state index in [1.807, 2.05) is 30.3 Å². The molecule has 0 bridgehead atoms. The molecule has 1 amide bonds. The number of hydrogen-bond acceptors (Lipinski definition) is 6. The summed E-state index contributed by atoms with van der Waals surface area (Å²) in [6.07, 6.45) is 3.22. The Bertz CT molecular complexity index is 1470. The van der Waals surface area contributed by atoms with Gasteiger partial charge in [-0.15, -0.1) is 15.0 Å². The van der Waals surface area contributed by atoms with Crippen LogP contribution in [0.15, 0.2) is 67.0 Å². The van der Waals surface area contributed by atoms with Gasteiger partial charge in [0.25, 0.3) is 5.91 Å². The Hall–Kier alpha value is -3.73. The lowest BCUT2D eigenvalue weighted by atomic mass is 10.2. The van der Waals surface area contributed by atoms with Gasteiger partial charge >= 0.3 is 0 Å². The first-order valence-electron chi connectivity index (χ1n) is 10.3. The number of carbonyl (C=O) groups excluding carboxylic acids is 1. The summed E-state index contributed by atoms with van der Waals surface area (Å²) < 4.78 is 3.06. The van der Waals surface area contributed by atoms with E-state index in [-0.39, 0.29) is 23.2 Å². The van der Waals surface area contributed by atoms with Crippen molar-refractivity contribution in [3.63, 3.8) is 0 Å². The van der Waals surface area contributed by atoms with E-state index in [9.17, 15) is 4.79 Å². The van der Waals surface area contributed by atoms with E-state index in [0.29, 0.717) is 28.0 Å². The molecular weight excluding hydrogens is 513 g/mol. The lowest BCUT2D eigenvalue weighted by molar-refractivity contribution is 0.102. The molecule has 5 aromatic rings. The van der Waals surface area contributed by atoms with Gasteiger partial charge in [0.05, 0.1) is 6.54 Å². The van der Waals surface area contributed by atoms with Gasteiger partial charge in [0, 0.05) is 33.6 Å². The number of benzene rings is 2. The zero-order valence-electron chi connectivity index (χ0n) is 17.9. The molecule has 35 heavy (non-hydrogen) atoms. The molecule has 0 fully saturated rings. The highest BCUT2D eigenvalue weighted by Crippen LogP contribution is 2.27. The molecule has 0 aliphatic heterocycles. The van der Waals surface area contributed by atoms with E-state index in [4.69, 9.17) is 34.8 Å². The summed E-state index contributed by atoms with van der Waals surface area (Å²) >= 11 is 18.7. The maximum absolute atomic E-state index is 12.7. The Morgan fingerprint density at radius 3 is 2.40 bits per heavy atom. The van der Waals surface area contributed by atoms with E-state index in [2.05, 4.69) is 30.9 Å². The van der Waals surface area contributed by atoms with E-state index in [1.54, 1.807) is 41.3 Å². The average Bonchev–Trinajstić information content (AvgIpc) is 3.58. The van der Waals surface area contributed by atoms with Crippen LogP contribution in [0.4, 0.5) is 5.82 Å². The van der Waals surface area contributed by atoms with Crippen LogP contribution in [0.1, 0.15) is 16.1 Å². The van der Waals surface area contributed by atoms with Crippen molar-refractivity contribution in [2.45, 2.75) is 13.2 Å². The van der Waals surface area contributed by atoms with Crippen LogP contribution in [-0.2, 0) is 13.2 Å². The number of nitrogens with one attached hydrogen (secondary N) is 1. The highest BCUT2D eigenvalue weighted by molar-refractivity contribution is 6.36. The van der Waals surface area contributed by atoms with E-state index in [1.165, 1.54) is 9.48 Å². The SMILES string of the molecule is O=C(Nc1nn(Cc2c(Cl)cccc2Cl)cc1Cl)c1ccn(Cn2nnc(-c3ccccc3)n2)n1.